The van der Waals surface area contributed by atoms with Crippen LogP contribution in [0.15, 0.2) is 47.0 Å². The zero-order chi connectivity index (χ0) is 18.5. The van der Waals surface area contributed by atoms with Crippen LogP contribution in [0.3, 0.4) is 0 Å². The average Bonchev–Trinajstić information content (AvgIpc) is 3.14. The van der Waals surface area contributed by atoms with Gasteiger partial charge in [-0.25, -0.2) is 4.79 Å². The van der Waals surface area contributed by atoms with Crippen molar-refractivity contribution >= 4 is 17.6 Å². The SMILES string of the molecule is COc1ccc(-c2noc(COC(=O)c3ccccc3Cl)n2)c(OC)c1. The lowest BCUT2D eigenvalue weighted by Gasteiger charge is -2.07. The van der Waals surface area contributed by atoms with Crippen LogP contribution in [0.5, 0.6) is 11.5 Å². The molecule has 1 aromatic heterocycles. The molecule has 0 N–H and O–H groups in total. The molecule has 0 fully saturated rings. The molecular weight excluding hydrogens is 360 g/mol. The maximum absolute atomic E-state index is 12.1. The summed E-state index contributed by atoms with van der Waals surface area (Å²) < 4.78 is 20.8. The van der Waals surface area contributed by atoms with Crippen LogP contribution in [0.25, 0.3) is 11.4 Å². The minimum Gasteiger partial charge on any atom is -0.497 e. The lowest BCUT2D eigenvalue weighted by atomic mass is 10.2. The molecule has 0 aliphatic rings. The van der Waals surface area contributed by atoms with Crippen LogP contribution in [-0.2, 0) is 11.3 Å². The van der Waals surface area contributed by atoms with E-state index in [1.807, 2.05) is 0 Å². The summed E-state index contributed by atoms with van der Waals surface area (Å²) in [6.07, 6.45) is 0. The molecule has 0 atom stereocenters. The standard InChI is InChI=1S/C18H15ClN2O5/c1-23-11-7-8-13(15(9-11)24-2)17-20-16(26-21-17)10-25-18(22)12-5-3-4-6-14(12)19/h3-9H,10H2,1-2H3. The van der Waals surface area contributed by atoms with E-state index >= 15 is 0 Å². The number of aromatic nitrogens is 2. The van der Waals surface area contributed by atoms with Gasteiger partial charge in [0.2, 0.25) is 5.82 Å². The van der Waals surface area contributed by atoms with Gasteiger partial charge in [-0.1, -0.05) is 28.9 Å². The zero-order valence-electron chi connectivity index (χ0n) is 14.1. The minimum atomic E-state index is -0.572. The molecule has 134 valence electrons. The Morgan fingerprint density at radius 2 is 1.96 bits per heavy atom. The molecule has 3 rings (SSSR count). The van der Waals surface area contributed by atoms with E-state index in [4.69, 9.17) is 30.3 Å². The summed E-state index contributed by atoms with van der Waals surface area (Å²) in [5, 5.41) is 4.21. The van der Waals surface area contributed by atoms with Gasteiger partial charge in [-0.05, 0) is 24.3 Å². The Hall–Kier alpha value is -3.06. The van der Waals surface area contributed by atoms with Gasteiger partial charge in [0.05, 0.1) is 30.4 Å². The maximum atomic E-state index is 12.1. The Balaban J connectivity index is 1.73. The third kappa shape index (κ3) is 3.78. The lowest BCUT2D eigenvalue weighted by molar-refractivity contribution is 0.0430. The largest absolute Gasteiger partial charge is 0.497 e. The number of rotatable bonds is 6. The molecule has 0 unspecified atom stereocenters. The van der Waals surface area contributed by atoms with Crippen molar-refractivity contribution in [3.05, 3.63) is 58.9 Å². The van der Waals surface area contributed by atoms with E-state index in [9.17, 15) is 4.79 Å². The summed E-state index contributed by atoms with van der Waals surface area (Å²) in [7, 11) is 3.10. The predicted octanol–water partition coefficient (Wildman–Crippen LogP) is 3.76. The third-order valence-electron chi connectivity index (χ3n) is 3.54. The molecule has 0 spiro atoms. The maximum Gasteiger partial charge on any atom is 0.340 e. The number of benzene rings is 2. The predicted molar refractivity (Wildman–Crippen MR) is 93.4 cm³/mol. The van der Waals surface area contributed by atoms with E-state index in [0.717, 1.165) is 0 Å². The van der Waals surface area contributed by atoms with Crippen LogP contribution in [0.4, 0.5) is 0 Å². The number of nitrogens with zero attached hydrogens (tertiary/aromatic N) is 2. The Kier molecular flexibility index (Phi) is 5.38. The normalized spacial score (nSPS) is 10.4. The fourth-order valence-electron chi connectivity index (χ4n) is 2.24. The monoisotopic (exact) mass is 374 g/mol. The molecule has 0 aliphatic heterocycles. The van der Waals surface area contributed by atoms with Gasteiger partial charge >= 0.3 is 5.97 Å². The van der Waals surface area contributed by atoms with Gasteiger partial charge < -0.3 is 18.7 Å². The summed E-state index contributed by atoms with van der Waals surface area (Å²) in [5.41, 5.74) is 0.895. The molecule has 0 radical (unpaired) electrons. The number of ether oxygens (including phenoxy) is 3. The van der Waals surface area contributed by atoms with E-state index < -0.39 is 5.97 Å². The highest BCUT2D eigenvalue weighted by atomic mass is 35.5. The molecule has 0 bridgehead atoms. The highest BCUT2D eigenvalue weighted by molar-refractivity contribution is 6.33. The second-order valence-electron chi connectivity index (χ2n) is 5.13. The van der Waals surface area contributed by atoms with Gasteiger partial charge in [0.15, 0.2) is 6.61 Å². The Labute approximate surface area is 154 Å². The molecule has 0 aliphatic carbocycles. The number of hydrogen-bond donors (Lipinski definition) is 0. The van der Waals surface area contributed by atoms with Crippen molar-refractivity contribution in [1.29, 1.82) is 0 Å². The summed E-state index contributed by atoms with van der Waals surface area (Å²) in [4.78, 5) is 16.3. The quantitative estimate of drug-likeness (QED) is 0.607. The minimum absolute atomic E-state index is 0.151. The molecule has 0 saturated heterocycles. The van der Waals surface area contributed by atoms with Crippen LogP contribution in [0, 0.1) is 0 Å². The van der Waals surface area contributed by atoms with E-state index in [2.05, 4.69) is 10.1 Å². The van der Waals surface area contributed by atoms with Crippen molar-refractivity contribution in [3.8, 4) is 22.9 Å². The summed E-state index contributed by atoms with van der Waals surface area (Å²) in [5.74, 6) is 1.07. The first-order valence-electron chi connectivity index (χ1n) is 7.59. The fourth-order valence-corrected chi connectivity index (χ4v) is 2.45. The van der Waals surface area contributed by atoms with Gasteiger partial charge in [0.25, 0.3) is 5.89 Å². The number of halogens is 1. The van der Waals surface area contributed by atoms with Gasteiger partial charge in [0, 0.05) is 6.07 Å². The highest BCUT2D eigenvalue weighted by Crippen LogP contribution is 2.31. The van der Waals surface area contributed by atoms with E-state index in [1.165, 1.54) is 7.11 Å². The smallest absolute Gasteiger partial charge is 0.340 e. The molecule has 0 amide bonds. The van der Waals surface area contributed by atoms with Crippen LogP contribution in [0.1, 0.15) is 16.2 Å². The van der Waals surface area contributed by atoms with Gasteiger partial charge in [-0.15, -0.1) is 0 Å². The van der Waals surface area contributed by atoms with Crippen molar-refractivity contribution in [2.45, 2.75) is 6.61 Å². The van der Waals surface area contributed by atoms with Crippen molar-refractivity contribution < 1.29 is 23.5 Å². The zero-order valence-corrected chi connectivity index (χ0v) is 14.8. The molecule has 1 heterocycles. The molecule has 8 heteroatoms. The van der Waals surface area contributed by atoms with E-state index in [-0.39, 0.29) is 18.1 Å². The summed E-state index contributed by atoms with van der Waals surface area (Å²) in [6, 6.07) is 11.8. The van der Waals surface area contributed by atoms with Crippen molar-refractivity contribution in [2.75, 3.05) is 14.2 Å². The third-order valence-corrected chi connectivity index (χ3v) is 3.87. The number of hydrogen-bond acceptors (Lipinski definition) is 7. The molecular formula is C18H15ClN2O5. The molecule has 3 aromatic rings. The molecule has 26 heavy (non-hydrogen) atoms. The van der Waals surface area contributed by atoms with Crippen LogP contribution < -0.4 is 9.47 Å². The molecule has 7 nitrogen and oxygen atoms in total. The topological polar surface area (TPSA) is 83.7 Å². The van der Waals surface area contributed by atoms with E-state index in [0.29, 0.717) is 27.9 Å². The van der Waals surface area contributed by atoms with Crippen molar-refractivity contribution in [2.24, 2.45) is 0 Å². The van der Waals surface area contributed by atoms with Crippen LogP contribution >= 0.6 is 11.6 Å². The van der Waals surface area contributed by atoms with Gasteiger partial charge in [-0.3, -0.25) is 0 Å². The Bertz CT molecular complexity index is 925. The van der Waals surface area contributed by atoms with Crippen LogP contribution in [0.2, 0.25) is 5.02 Å². The average molecular weight is 375 g/mol. The first-order chi connectivity index (χ1) is 12.6. The second kappa shape index (κ2) is 7.88. The van der Waals surface area contributed by atoms with Gasteiger partial charge in [0.1, 0.15) is 11.5 Å². The number of methoxy groups -OCH3 is 2. The molecule has 2 aromatic carbocycles. The first-order valence-corrected chi connectivity index (χ1v) is 7.97. The first kappa shape index (κ1) is 17.8. The van der Waals surface area contributed by atoms with Crippen LogP contribution in [-0.4, -0.2) is 30.3 Å². The number of esters is 1. The Morgan fingerprint density at radius 3 is 2.69 bits per heavy atom. The second-order valence-corrected chi connectivity index (χ2v) is 5.54. The van der Waals surface area contributed by atoms with Crippen molar-refractivity contribution in [3.63, 3.8) is 0 Å². The Morgan fingerprint density at radius 1 is 1.15 bits per heavy atom. The number of carbonyl (C=O) groups is 1. The summed E-state index contributed by atoms with van der Waals surface area (Å²) in [6.45, 7) is -0.171. The van der Waals surface area contributed by atoms with Crippen molar-refractivity contribution in [1.82, 2.24) is 10.1 Å². The van der Waals surface area contributed by atoms with E-state index in [1.54, 1.807) is 49.6 Å². The molecule has 0 saturated carbocycles. The number of carbonyl (C=O) groups excluding carboxylic acids is 1. The van der Waals surface area contributed by atoms with Gasteiger partial charge in [-0.2, -0.15) is 4.98 Å². The lowest BCUT2D eigenvalue weighted by Crippen LogP contribution is -2.06. The summed E-state index contributed by atoms with van der Waals surface area (Å²) >= 11 is 5.97. The highest BCUT2D eigenvalue weighted by Gasteiger charge is 2.17. The fraction of sp³-hybridized carbons (Fsp3) is 0.167.